The maximum atomic E-state index is 13.0. The lowest BCUT2D eigenvalue weighted by molar-refractivity contribution is -0.191. The van der Waals surface area contributed by atoms with Crippen LogP contribution in [-0.4, -0.2) is 52.9 Å². The van der Waals surface area contributed by atoms with Gasteiger partial charge in [0, 0.05) is 31.0 Å². The number of nitrogens with zero attached hydrogens (tertiary/aromatic N) is 1. The fourth-order valence-corrected chi connectivity index (χ4v) is 3.37. The van der Waals surface area contributed by atoms with Crippen LogP contribution in [0.3, 0.4) is 0 Å². The van der Waals surface area contributed by atoms with Gasteiger partial charge in [0.2, 0.25) is 0 Å². The number of carbonyl (C=O) groups excluding carboxylic acids is 1. The second-order valence-electron chi connectivity index (χ2n) is 6.13. The van der Waals surface area contributed by atoms with E-state index < -0.39 is 23.4 Å². The molecule has 0 unspecified atom stereocenters. The SMILES string of the molecule is O=C(COc1cccc(F)c1)N1CCC2(CC1)[C@H](O)C[C@@H]2O. The van der Waals surface area contributed by atoms with Crippen LogP contribution in [0.5, 0.6) is 5.75 Å². The average Bonchev–Trinajstić information content (AvgIpc) is 2.53. The smallest absolute Gasteiger partial charge is 0.260 e. The van der Waals surface area contributed by atoms with E-state index in [1.807, 2.05) is 0 Å². The normalized spacial score (nSPS) is 26.6. The fraction of sp³-hybridized carbons (Fsp3) is 0.562. The quantitative estimate of drug-likeness (QED) is 0.872. The van der Waals surface area contributed by atoms with E-state index >= 15 is 0 Å². The van der Waals surface area contributed by atoms with Crippen LogP contribution in [0.4, 0.5) is 4.39 Å². The monoisotopic (exact) mass is 309 g/mol. The Morgan fingerprint density at radius 1 is 1.32 bits per heavy atom. The maximum Gasteiger partial charge on any atom is 0.260 e. The largest absolute Gasteiger partial charge is 0.484 e. The van der Waals surface area contributed by atoms with E-state index in [4.69, 9.17) is 4.74 Å². The number of aliphatic hydroxyl groups is 2. The van der Waals surface area contributed by atoms with Crippen LogP contribution in [0.1, 0.15) is 19.3 Å². The third kappa shape index (κ3) is 2.68. The van der Waals surface area contributed by atoms with Gasteiger partial charge in [-0.3, -0.25) is 4.79 Å². The summed E-state index contributed by atoms with van der Waals surface area (Å²) in [6, 6.07) is 5.68. The summed E-state index contributed by atoms with van der Waals surface area (Å²) in [5, 5.41) is 19.7. The third-order valence-electron chi connectivity index (χ3n) is 4.98. The van der Waals surface area contributed by atoms with Crippen molar-refractivity contribution in [2.75, 3.05) is 19.7 Å². The number of rotatable bonds is 3. The van der Waals surface area contributed by atoms with Crippen molar-refractivity contribution >= 4 is 5.91 Å². The van der Waals surface area contributed by atoms with E-state index in [1.54, 1.807) is 11.0 Å². The number of benzene rings is 1. The highest BCUT2D eigenvalue weighted by molar-refractivity contribution is 5.77. The number of halogens is 1. The summed E-state index contributed by atoms with van der Waals surface area (Å²) in [5.74, 6) is -0.244. The minimum absolute atomic E-state index is 0.137. The molecule has 0 aromatic heterocycles. The number of hydrogen-bond donors (Lipinski definition) is 2. The van der Waals surface area contributed by atoms with Gasteiger partial charge in [0.25, 0.3) is 5.91 Å². The molecule has 22 heavy (non-hydrogen) atoms. The van der Waals surface area contributed by atoms with Gasteiger partial charge < -0.3 is 19.8 Å². The van der Waals surface area contributed by atoms with Gasteiger partial charge >= 0.3 is 0 Å². The van der Waals surface area contributed by atoms with Gasteiger partial charge in [-0.1, -0.05) is 6.07 Å². The summed E-state index contributed by atoms with van der Waals surface area (Å²) in [7, 11) is 0. The molecule has 1 saturated heterocycles. The zero-order valence-electron chi connectivity index (χ0n) is 12.2. The van der Waals surface area contributed by atoms with Crippen LogP contribution in [0.2, 0.25) is 0 Å². The Morgan fingerprint density at radius 3 is 2.59 bits per heavy atom. The first-order valence-corrected chi connectivity index (χ1v) is 7.53. The Balaban J connectivity index is 1.50. The van der Waals surface area contributed by atoms with Crippen molar-refractivity contribution in [1.82, 2.24) is 4.90 Å². The van der Waals surface area contributed by atoms with E-state index in [0.29, 0.717) is 38.1 Å². The molecule has 2 fully saturated rings. The number of ether oxygens (including phenoxy) is 1. The van der Waals surface area contributed by atoms with Crippen molar-refractivity contribution in [2.24, 2.45) is 5.41 Å². The zero-order chi connectivity index (χ0) is 15.7. The molecule has 1 aliphatic carbocycles. The first kappa shape index (κ1) is 15.2. The fourth-order valence-electron chi connectivity index (χ4n) is 3.37. The van der Waals surface area contributed by atoms with Gasteiger partial charge in [-0.15, -0.1) is 0 Å². The van der Waals surface area contributed by atoms with Crippen LogP contribution < -0.4 is 4.74 Å². The average molecular weight is 309 g/mol. The minimum Gasteiger partial charge on any atom is -0.484 e. The molecule has 3 rings (SSSR count). The molecule has 6 heteroatoms. The highest BCUT2D eigenvalue weighted by atomic mass is 19.1. The number of amides is 1. The second kappa shape index (κ2) is 5.85. The van der Waals surface area contributed by atoms with Crippen molar-refractivity contribution < 1.29 is 24.1 Å². The molecule has 0 radical (unpaired) electrons. The molecular weight excluding hydrogens is 289 g/mol. The van der Waals surface area contributed by atoms with Crippen LogP contribution >= 0.6 is 0 Å². The van der Waals surface area contributed by atoms with Crippen molar-refractivity contribution in [3.8, 4) is 5.75 Å². The summed E-state index contributed by atoms with van der Waals surface area (Å²) >= 11 is 0. The molecule has 2 atom stereocenters. The predicted molar refractivity (Wildman–Crippen MR) is 76.8 cm³/mol. The molecule has 1 aromatic carbocycles. The summed E-state index contributed by atoms with van der Waals surface area (Å²) in [6.45, 7) is 0.862. The van der Waals surface area contributed by atoms with E-state index in [2.05, 4.69) is 0 Å². The summed E-state index contributed by atoms with van der Waals surface area (Å²) in [5.41, 5.74) is -0.430. The van der Waals surface area contributed by atoms with Crippen molar-refractivity contribution in [3.63, 3.8) is 0 Å². The highest BCUT2D eigenvalue weighted by Crippen LogP contribution is 2.49. The Bertz CT molecular complexity index is 547. The lowest BCUT2D eigenvalue weighted by atomic mass is 9.58. The van der Waals surface area contributed by atoms with Gasteiger partial charge in [0.15, 0.2) is 6.61 Å². The molecule has 1 saturated carbocycles. The van der Waals surface area contributed by atoms with Crippen LogP contribution in [-0.2, 0) is 4.79 Å². The first-order valence-electron chi connectivity index (χ1n) is 7.53. The lowest BCUT2D eigenvalue weighted by Crippen LogP contribution is -2.62. The number of hydrogen-bond acceptors (Lipinski definition) is 4. The minimum atomic E-state index is -0.469. The highest BCUT2D eigenvalue weighted by Gasteiger charge is 2.55. The van der Waals surface area contributed by atoms with Gasteiger partial charge in [-0.25, -0.2) is 4.39 Å². The van der Waals surface area contributed by atoms with E-state index in [0.717, 1.165) is 0 Å². The van der Waals surface area contributed by atoms with Crippen molar-refractivity contribution in [2.45, 2.75) is 31.5 Å². The Labute approximate surface area is 128 Å². The molecule has 120 valence electrons. The Hall–Kier alpha value is -1.66. The number of carbonyl (C=O) groups is 1. The van der Waals surface area contributed by atoms with Gasteiger partial charge in [0.05, 0.1) is 12.2 Å². The van der Waals surface area contributed by atoms with Crippen molar-refractivity contribution in [3.05, 3.63) is 30.1 Å². The molecule has 1 spiro atoms. The second-order valence-corrected chi connectivity index (χ2v) is 6.13. The lowest BCUT2D eigenvalue weighted by Gasteiger charge is -2.54. The third-order valence-corrected chi connectivity index (χ3v) is 4.98. The molecule has 5 nitrogen and oxygen atoms in total. The predicted octanol–water partition coefficient (Wildman–Crippen LogP) is 0.939. The van der Waals surface area contributed by atoms with E-state index in [-0.39, 0.29) is 12.5 Å². The van der Waals surface area contributed by atoms with Crippen LogP contribution in [0.25, 0.3) is 0 Å². The number of piperidine rings is 1. The number of aliphatic hydroxyl groups excluding tert-OH is 2. The standard InChI is InChI=1S/C16H20FNO4/c17-11-2-1-3-12(8-11)22-10-15(21)18-6-4-16(5-7-18)13(19)9-14(16)20/h1-3,8,13-14,19-20H,4-7,9-10H2/t13-,14+. The molecule has 2 N–H and O–H groups in total. The Kier molecular flexibility index (Phi) is 4.06. The van der Waals surface area contributed by atoms with Gasteiger partial charge in [-0.2, -0.15) is 0 Å². The van der Waals surface area contributed by atoms with Gasteiger partial charge in [-0.05, 0) is 25.0 Å². The van der Waals surface area contributed by atoms with E-state index in [9.17, 15) is 19.4 Å². The Morgan fingerprint density at radius 2 is 2.00 bits per heavy atom. The van der Waals surface area contributed by atoms with Gasteiger partial charge in [0.1, 0.15) is 11.6 Å². The topological polar surface area (TPSA) is 70.0 Å². The van der Waals surface area contributed by atoms with Crippen molar-refractivity contribution in [1.29, 1.82) is 0 Å². The van der Waals surface area contributed by atoms with E-state index in [1.165, 1.54) is 18.2 Å². The summed E-state index contributed by atoms with van der Waals surface area (Å²) < 4.78 is 18.3. The molecule has 1 aromatic rings. The maximum absolute atomic E-state index is 13.0. The van der Waals surface area contributed by atoms with Crippen LogP contribution in [0, 0.1) is 11.2 Å². The first-order chi connectivity index (χ1) is 10.5. The zero-order valence-corrected chi connectivity index (χ0v) is 12.2. The summed E-state index contributed by atoms with van der Waals surface area (Å²) in [4.78, 5) is 13.8. The molecule has 1 heterocycles. The summed E-state index contributed by atoms with van der Waals surface area (Å²) in [6.07, 6.45) is 0.685. The molecule has 2 aliphatic rings. The van der Waals surface area contributed by atoms with Crippen LogP contribution in [0.15, 0.2) is 24.3 Å². The molecule has 0 bridgehead atoms. The molecule has 1 amide bonds. The molecule has 1 aliphatic heterocycles. The number of likely N-dealkylation sites (tertiary alicyclic amines) is 1. The molecular formula is C16H20FNO4.